The number of rotatable bonds is 5. The van der Waals surface area contributed by atoms with Crippen LogP contribution in [0.1, 0.15) is 17.3 Å². The lowest BCUT2D eigenvalue weighted by molar-refractivity contribution is 0.182. The third kappa shape index (κ3) is 3.05. The Hall–Kier alpha value is -1.31. The van der Waals surface area contributed by atoms with E-state index in [-0.39, 0.29) is 5.56 Å². The SMILES string of the molecule is COCCn1ncc(Br)c1C(N)c1ccc(F)cc1F. The van der Waals surface area contributed by atoms with E-state index in [0.29, 0.717) is 23.3 Å². The number of hydrogen-bond acceptors (Lipinski definition) is 3. The van der Waals surface area contributed by atoms with E-state index in [9.17, 15) is 8.78 Å². The van der Waals surface area contributed by atoms with Gasteiger partial charge in [-0.2, -0.15) is 5.10 Å². The number of ether oxygens (including phenoxy) is 1. The highest BCUT2D eigenvalue weighted by Crippen LogP contribution is 2.28. The van der Waals surface area contributed by atoms with Gasteiger partial charge in [-0.05, 0) is 22.0 Å². The molecule has 2 rings (SSSR count). The molecule has 0 spiro atoms. The summed E-state index contributed by atoms with van der Waals surface area (Å²) in [6, 6.07) is 2.60. The second-order valence-corrected chi connectivity index (χ2v) is 5.09. The van der Waals surface area contributed by atoms with Crippen molar-refractivity contribution in [1.82, 2.24) is 9.78 Å². The molecule has 1 atom stereocenters. The highest BCUT2D eigenvalue weighted by atomic mass is 79.9. The predicted molar refractivity (Wildman–Crippen MR) is 74.2 cm³/mol. The van der Waals surface area contributed by atoms with E-state index in [4.69, 9.17) is 10.5 Å². The summed E-state index contributed by atoms with van der Waals surface area (Å²) in [7, 11) is 1.58. The van der Waals surface area contributed by atoms with E-state index in [2.05, 4.69) is 21.0 Å². The van der Waals surface area contributed by atoms with Gasteiger partial charge < -0.3 is 10.5 Å². The molecule has 2 aromatic rings. The minimum Gasteiger partial charge on any atom is -0.383 e. The van der Waals surface area contributed by atoms with E-state index < -0.39 is 17.7 Å². The monoisotopic (exact) mass is 345 g/mol. The molecule has 1 heterocycles. The molecule has 0 aliphatic rings. The molecule has 20 heavy (non-hydrogen) atoms. The van der Waals surface area contributed by atoms with Crippen molar-refractivity contribution in [3.8, 4) is 0 Å². The maximum atomic E-state index is 13.8. The molecule has 1 aromatic heterocycles. The van der Waals surface area contributed by atoms with Gasteiger partial charge in [-0.15, -0.1) is 0 Å². The van der Waals surface area contributed by atoms with Gasteiger partial charge in [-0.1, -0.05) is 6.07 Å². The lowest BCUT2D eigenvalue weighted by Gasteiger charge is -2.16. The van der Waals surface area contributed by atoms with Gasteiger partial charge in [0.15, 0.2) is 0 Å². The molecule has 0 saturated heterocycles. The summed E-state index contributed by atoms with van der Waals surface area (Å²) in [6.07, 6.45) is 1.59. The summed E-state index contributed by atoms with van der Waals surface area (Å²) < 4.78 is 34.1. The molecule has 0 fully saturated rings. The number of hydrogen-bond donors (Lipinski definition) is 1. The molecule has 4 nitrogen and oxygen atoms in total. The van der Waals surface area contributed by atoms with Crippen LogP contribution in [-0.4, -0.2) is 23.5 Å². The van der Waals surface area contributed by atoms with Crippen molar-refractivity contribution in [3.05, 3.63) is 51.8 Å². The fourth-order valence-electron chi connectivity index (χ4n) is 1.94. The van der Waals surface area contributed by atoms with Gasteiger partial charge in [0.05, 0.1) is 35.6 Å². The zero-order valence-electron chi connectivity index (χ0n) is 10.8. The molecule has 1 aromatic carbocycles. The van der Waals surface area contributed by atoms with Crippen molar-refractivity contribution in [2.24, 2.45) is 5.73 Å². The highest BCUT2D eigenvalue weighted by Gasteiger charge is 2.21. The first kappa shape index (κ1) is 15.1. The standard InChI is InChI=1S/C13H14BrF2N3O/c1-20-5-4-19-13(10(14)7-18-19)12(17)9-3-2-8(15)6-11(9)16/h2-3,6-7,12H,4-5,17H2,1H3. The average Bonchev–Trinajstić information content (AvgIpc) is 2.77. The molecule has 7 heteroatoms. The van der Waals surface area contributed by atoms with Crippen LogP contribution in [0.4, 0.5) is 8.78 Å². The van der Waals surface area contributed by atoms with Gasteiger partial charge in [0, 0.05) is 18.7 Å². The van der Waals surface area contributed by atoms with Crippen LogP contribution in [-0.2, 0) is 11.3 Å². The fourth-order valence-corrected chi connectivity index (χ4v) is 2.48. The predicted octanol–water partition coefficient (Wildman–Crippen LogP) is 2.62. The number of halogens is 3. The maximum absolute atomic E-state index is 13.8. The maximum Gasteiger partial charge on any atom is 0.131 e. The Bertz CT molecular complexity index is 603. The first-order valence-electron chi connectivity index (χ1n) is 5.95. The molecule has 0 radical (unpaired) electrons. The normalized spacial score (nSPS) is 12.7. The highest BCUT2D eigenvalue weighted by molar-refractivity contribution is 9.10. The summed E-state index contributed by atoms with van der Waals surface area (Å²) in [5.41, 5.74) is 6.92. The van der Waals surface area contributed by atoms with Crippen LogP contribution in [0.25, 0.3) is 0 Å². The molecule has 2 N–H and O–H groups in total. The Balaban J connectivity index is 2.37. The van der Waals surface area contributed by atoms with Crippen LogP contribution in [0.3, 0.4) is 0 Å². The topological polar surface area (TPSA) is 53.1 Å². The van der Waals surface area contributed by atoms with Crippen molar-refractivity contribution in [1.29, 1.82) is 0 Å². The van der Waals surface area contributed by atoms with Gasteiger partial charge in [-0.25, -0.2) is 8.78 Å². The molecular formula is C13H14BrF2N3O. The second kappa shape index (κ2) is 6.43. The van der Waals surface area contributed by atoms with Gasteiger partial charge in [-0.3, -0.25) is 4.68 Å². The molecule has 108 valence electrons. The molecule has 1 unspecified atom stereocenters. The Morgan fingerprint density at radius 3 is 2.85 bits per heavy atom. The van der Waals surface area contributed by atoms with E-state index >= 15 is 0 Å². The lowest BCUT2D eigenvalue weighted by Crippen LogP contribution is -2.20. The van der Waals surface area contributed by atoms with Crippen LogP contribution in [0, 0.1) is 11.6 Å². The molecule has 0 saturated carbocycles. The van der Waals surface area contributed by atoms with Crippen molar-refractivity contribution in [2.45, 2.75) is 12.6 Å². The van der Waals surface area contributed by atoms with Crippen LogP contribution < -0.4 is 5.73 Å². The van der Waals surface area contributed by atoms with Crippen molar-refractivity contribution < 1.29 is 13.5 Å². The first-order valence-corrected chi connectivity index (χ1v) is 6.74. The van der Waals surface area contributed by atoms with E-state index in [1.807, 2.05) is 0 Å². The van der Waals surface area contributed by atoms with Crippen LogP contribution >= 0.6 is 15.9 Å². The molecule has 0 amide bonds. The van der Waals surface area contributed by atoms with E-state index in [1.165, 1.54) is 12.1 Å². The number of nitrogens with two attached hydrogens (primary N) is 1. The minimum atomic E-state index is -0.746. The third-order valence-electron chi connectivity index (χ3n) is 2.93. The quantitative estimate of drug-likeness (QED) is 0.906. The van der Waals surface area contributed by atoms with Crippen LogP contribution in [0.15, 0.2) is 28.9 Å². The minimum absolute atomic E-state index is 0.214. The van der Waals surface area contributed by atoms with Crippen molar-refractivity contribution >= 4 is 15.9 Å². The Kier molecular flexibility index (Phi) is 4.85. The molecule has 0 bridgehead atoms. The zero-order valence-corrected chi connectivity index (χ0v) is 12.4. The van der Waals surface area contributed by atoms with E-state index in [1.54, 1.807) is 18.0 Å². The van der Waals surface area contributed by atoms with Crippen LogP contribution in [0.5, 0.6) is 0 Å². The van der Waals surface area contributed by atoms with Crippen LogP contribution in [0.2, 0.25) is 0 Å². The summed E-state index contributed by atoms with van der Waals surface area (Å²) in [4.78, 5) is 0. The second-order valence-electron chi connectivity index (χ2n) is 4.24. The smallest absolute Gasteiger partial charge is 0.131 e. The molecule has 0 aliphatic carbocycles. The summed E-state index contributed by atoms with van der Waals surface area (Å²) in [5.74, 6) is -1.31. The Morgan fingerprint density at radius 1 is 1.45 bits per heavy atom. The summed E-state index contributed by atoms with van der Waals surface area (Å²) in [6.45, 7) is 0.952. The average molecular weight is 346 g/mol. The summed E-state index contributed by atoms with van der Waals surface area (Å²) in [5, 5.41) is 4.16. The molecular weight excluding hydrogens is 332 g/mol. The molecule has 0 aliphatic heterocycles. The van der Waals surface area contributed by atoms with Crippen molar-refractivity contribution in [2.75, 3.05) is 13.7 Å². The number of nitrogens with zero attached hydrogens (tertiary/aromatic N) is 2. The largest absolute Gasteiger partial charge is 0.383 e. The number of benzene rings is 1. The number of methoxy groups -OCH3 is 1. The lowest BCUT2D eigenvalue weighted by atomic mass is 10.0. The third-order valence-corrected chi connectivity index (χ3v) is 3.54. The zero-order chi connectivity index (χ0) is 14.7. The van der Waals surface area contributed by atoms with E-state index in [0.717, 1.165) is 6.07 Å². The van der Waals surface area contributed by atoms with Crippen molar-refractivity contribution in [3.63, 3.8) is 0 Å². The Labute approximate surface area is 123 Å². The van der Waals surface area contributed by atoms with Gasteiger partial charge in [0.25, 0.3) is 0 Å². The summed E-state index contributed by atoms with van der Waals surface area (Å²) >= 11 is 3.35. The fraction of sp³-hybridized carbons (Fsp3) is 0.308. The van der Waals surface area contributed by atoms with Gasteiger partial charge in [0.1, 0.15) is 11.6 Å². The number of aromatic nitrogens is 2. The van der Waals surface area contributed by atoms with Gasteiger partial charge >= 0.3 is 0 Å². The Morgan fingerprint density at radius 2 is 2.20 bits per heavy atom. The van der Waals surface area contributed by atoms with Gasteiger partial charge in [0.2, 0.25) is 0 Å². The first-order chi connectivity index (χ1) is 9.54.